The fourth-order valence-electron chi connectivity index (χ4n) is 3.36. The lowest BCUT2D eigenvalue weighted by molar-refractivity contribution is -0.149. The summed E-state index contributed by atoms with van der Waals surface area (Å²) in [4.78, 5) is 38.0. The molecule has 0 amide bonds. The van der Waals surface area contributed by atoms with Crippen molar-refractivity contribution in [3.05, 3.63) is 63.4 Å². The zero-order valence-electron chi connectivity index (χ0n) is 21.1. The third-order valence-corrected chi connectivity index (χ3v) is 6.25. The molecule has 2 N–H and O–H groups in total. The number of para-hydroxylation sites is 1. The van der Waals surface area contributed by atoms with Crippen molar-refractivity contribution >= 4 is 14.5 Å². The number of hydrogen-bond acceptors (Lipinski definition) is 8. The number of esters is 1. The molecule has 0 bridgehead atoms. The number of nitrogens with one attached hydrogen (secondary N) is 2. The average Bonchev–Trinajstić information content (AvgIpc) is 3.19. The van der Waals surface area contributed by atoms with Crippen molar-refractivity contribution in [2.24, 2.45) is 5.92 Å². The van der Waals surface area contributed by atoms with E-state index in [0.29, 0.717) is 12.2 Å². The summed E-state index contributed by atoms with van der Waals surface area (Å²) in [5.41, 5.74) is -0.976. The van der Waals surface area contributed by atoms with Crippen LogP contribution >= 0.6 is 8.53 Å². The highest BCUT2D eigenvalue weighted by Crippen LogP contribution is 2.39. The van der Waals surface area contributed by atoms with Crippen LogP contribution in [0.5, 0.6) is 5.75 Å². The largest absolute Gasteiger partial charge is 0.462 e. The first-order valence-corrected chi connectivity index (χ1v) is 13.0. The molecule has 35 heavy (non-hydrogen) atoms. The maximum Gasteiger partial charge on any atom is 0.330 e. The molecule has 0 saturated carbocycles. The summed E-state index contributed by atoms with van der Waals surface area (Å²) in [5, 5.41) is 3.06. The molecule has 1 aliphatic rings. The Hall–Kier alpha value is -2.52. The predicted molar refractivity (Wildman–Crippen MR) is 134 cm³/mol. The fourth-order valence-corrected chi connectivity index (χ4v) is 4.57. The minimum Gasteiger partial charge on any atom is -0.462 e. The van der Waals surface area contributed by atoms with Crippen LogP contribution in [0.25, 0.3) is 0 Å². The van der Waals surface area contributed by atoms with Crippen LogP contribution in [-0.2, 0) is 18.8 Å². The van der Waals surface area contributed by atoms with Crippen LogP contribution in [0.4, 0.5) is 0 Å². The van der Waals surface area contributed by atoms with Crippen LogP contribution in [0.3, 0.4) is 0 Å². The van der Waals surface area contributed by atoms with E-state index in [1.54, 1.807) is 32.9 Å². The highest BCUT2D eigenvalue weighted by atomic mass is 31.2. The van der Waals surface area contributed by atoms with Gasteiger partial charge in [0.25, 0.3) is 5.56 Å². The number of rotatable bonds is 10. The molecule has 5 atom stereocenters. The monoisotopic (exact) mass is 509 g/mol. The quantitative estimate of drug-likeness (QED) is 0.367. The zero-order chi connectivity index (χ0) is 26.0. The van der Waals surface area contributed by atoms with Crippen molar-refractivity contribution in [3.63, 3.8) is 0 Å². The summed E-state index contributed by atoms with van der Waals surface area (Å²) in [5.74, 6) is 0.219. The lowest BCUT2D eigenvalue weighted by Crippen LogP contribution is -2.35. The van der Waals surface area contributed by atoms with E-state index < -0.39 is 38.0 Å². The topological polar surface area (TPSA) is 121 Å². The maximum atomic E-state index is 12.2. The normalized spacial score (nSPS) is 21.1. The van der Waals surface area contributed by atoms with E-state index in [4.69, 9.17) is 18.5 Å². The molecule has 1 fully saturated rings. The van der Waals surface area contributed by atoms with Gasteiger partial charge >= 0.3 is 20.2 Å². The van der Waals surface area contributed by atoms with Crippen molar-refractivity contribution in [3.8, 4) is 5.75 Å². The lowest BCUT2D eigenvalue weighted by atomic mass is 10.1. The molecule has 11 heteroatoms. The molecule has 1 aliphatic heterocycles. The Kier molecular flexibility index (Phi) is 11.6. The van der Waals surface area contributed by atoms with Gasteiger partial charge in [-0.2, -0.15) is 0 Å². The minimum atomic E-state index is -1.69. The van der Waals surface area contributed by atoms with E-state index in [-0.39, 0.29) is 24.7 Å². The highest BCUT2D eigenvalue weighted by molar-refractivity contribution is 7.45. The van der Waals surface area contributed by atoms with Crippen LogP contribution in [0.2, 0.25) is 0 Å². The van der Waals surface area contributed by atoms with Gasteiger partial charge in [-0.15, -0.1) is 0 Å². The summed E-state index contributed by atoms with van der Waals surface area (Å²) < 4.78 is 24.6. The first-order valence-electron chi connectivity index (χ1n) is 11.8. The SMILES string of the molecule is CC.CC(C)OC(=O)C(C)NP(OCC1CC(C)C(n2ccc(=O)[nH]c2=O)O1)Oc1ccccc1. The van der Waals surface area contributed by atoms with Gasteiger partial charge in [-0.05, 0) is 39.3 Å². The minimum absolute atomic E-state index is 0.0244. The summed E-state index contributed by atoms with van der Waals surface area (Å²) in [6.45, 7) is 11.4. The van der Waals surface area contributed by atoms with Gasteiger partial charge in [0.1, 0.15) is 18.0 Å². The molecule has 0 radical (unpaired) electrons. The van der Waals surface area contributed by atoms with Crippen molar-refractivity contribution in [1.82, 2.24) is 14.6 Å². The Morgan fingerprint density at radius 1 is 1.20 bits per heavy atom. The molecule has 1 aromatic heterocycles. The molecule has 1 aromatic carbocycles. The van der Waals surface area contributed by atoms with Gasteiger partial charge in [0.05, 0.1) is 18.8 Å². The van der Waals surface area contributed by atoms with Crippen LogP contribution in [0, 0.1) is 5.92 Å². The number of nitrogens with zero attached hydrogens (tertiary/aromatic N) is 1. The number of carbonyl (C=O) groups excluding carboxylic acids is 1. The fraction of sp³-hybridized carbons (Fsp3) is 0.542. The van der Waals surface area contributed by atoms with Gasteiger partial charge < -0.3 is 18.5 Å². The molecule has 5 unspecified atom stereocenters. The Morgan fingerprint density at radius 2 is 1.89 bits per heavy atom. The van der Waals surface area contributed by atoms with Gasteiger partial charge in [0.15, 0.2) is 0 Å². The lowest BCUT2D eigenvalue weighted by Gasteiger charge is -2.23. The van der Waals surface area contributed by atoms with E-state index in [0.717, 1.165) is 0 Å². The molecule has 2 aromatic rings. The number of ether oxygens (including phenoxy) is 2. The molecule has 2 heterocycles. The second-order valence-corrected chi connectivity index (χ2v) is 9.39. The standard InChI is InChI=1S/C22H30N3O7P.C2H6/c1-14(2)30-21(27)16(4)24-33(32-17-8-6-5-7-9-17)29-13-18-12-15(3)20(31-18)25-11-10-19(26)23-22(25)28;1-2/h5-11,14-16,18,20,24H,12-13H2,1-4H3,(H,23,26,28);1-2H3. The van der Waals surface area contributed by atoms with Gasteiger partial charge in [-0.25, -0.2) is 9.88 Å². The van der Waals surface area contributed by atoms with E-state index in [1.807, 2.05) is 39.0 Å². The van der Waals surface area contributed by atoms with Gasteiger partial charge in [-0.3, -0.25) is 19.1 Å². The van der Waals surface area contributed by atoms with Crippen LogP contribution < -0.4 is 20.9 Å². The van der Waals surface area contributed by atoms with Crippen molar-refractivity contribution in [2.45, 2.75) is 72.4 Å². The maximum absolute atomic E-state index is 12.2. The molecule has 1 saturated heterocycles. The number of benzene rings is 1. The van der Waals surface area contributed by atoms with E-state index in [9.17, 15) is 14.4 Å². The van der Waals surface area contributed by atoms with Crippen molar-refractivity contribution in [1.29, 1.82) is 0 Å². The van der Waals surface area contributed by atoms with Crippen LogP contribution in [0.1, 0.15) is 54.2 Å². The summed E-state index contributed by atoms with van der Waals surface area (Å²) in [6, 6.07) is 9.79. The third-order valence-electron chi connectivity index (χ3n) is 4.89. The molecular weight excluding hydrogens is 473 g/mol. The third kappa shape index (κ3) is 8.89. The summed E-state index contributed by atoms with van der Waals surface area (Å²) in [6.07, 6.45) is 1.03. The molecular formula is C24H36N3O7P. The van der Waals surface area contributed by atoms with E-state index in [1.165, 1.54) is 16.8 Å². The number of hydrogen-bond donors (Lipinski definition) is 2. The van der Waals surface area contributed by atoms with Gasteiger partial charge in [0, 0.05) is 18.2 Å². The van der Waals surface area contributed by atoms with E-state index >= 15 is 0 Å². The van der Waals surface area contributed by atoms with Crippen LogP contribution in [0.15, 0.2) is 52.2 Å². The Bertz CT molecular complexity index is 1030. The van der Waals surface area contributed by atoms with Gasteiger partial charge in [-0.1, -0.05) is 39.0 Å². The molecule has 10 nitrogen and oxygen atoms in total. The summed E-state index contributed by atoms with van der Waals surface area (Å²) >= 11 is 0. The zero-order valence-corrected chi connectivity index (χ0v) is 22.0. The molecule has 3 rings (SSSR count). The Morgan fingerprint density at radius 3 is 2.51 bits per heavy atom. The number of H-pyrrole nitrogens is 1. The van der Waals surface area contributed by atoms with Gasteiger partial charge in [0.2, 0.25) is 0 Å². The average molecular weight is 510 g/mol. The predicted octanol–water partition coefficient (Wildman–Crippen LogP) is 3.74. The first-order chi connectivity index (χ1) is 16.7. The van der Waals surface area contributed by atoms with E-state index in [2.05, 4.69) is 10.1 Å². The Labute approximate surface area is 206 Å². The number of aromatic amines is 1. The molecule has 0 spiro atoms. The highest BCUT2D eigenvalue weighted by Gasteiger charge is 2.35. The first kappa shape index (κ1) is 28.7. The summed E-state index contributed by atoms with van der Waals surface area (Å²) in [7, 11) is -1.69. The Balaban J connectivity index is 0.00000210. The molecule has 194 valence electrons. The second kappa shape index (κ2) is 14.1. The molecule has 0 aliphatic carbocycles. The number of carbonyl (C=O) groups is 1. The smallest absolute Gasteiger partial charge is 0.330 e. The van der Waals surface area contributed by atoms with Crippen molar-refractivity contribution < 1.29 is 23.3 Å². The second-order valence-electron chi connectivity index (χ2n) is 8.17. The van der Waals surface area contributed by atoms with Crippen LogP contribution in [-0.4, -0.2) is 40.4 Å². The van der Waals surface area contributed by atoms with Crippen molar-refractivity contribution in [2.75, 3.05) is 6.61 Å². The number of aromatic nitrogens is 2.